The van der Waals surface area contributed by atoms with E-state index in [1.807, 2.05) is 55.5 Å². The summed E-state index contributed by atoms with van der Waals surface area (Å²) >= 11 is 0. The molecule has 26 heavy (non-hydrogen) atoms. The van der Waals surface area contributed by atoms with Gasteiger partial charge in [0, 0.05) is 12.6 Å². The van der Waals surface area contributed by atoms with Crippen LogP contribution >= 0.6 is 0 Å². The van der Waals surface area contributed by atoms with Crippen LogP contribution in [0.2, 0.25) is 0 Å². The Labute approximate surface area is 153 Å². The molecule has 3 rings (SSSR count). The number of carbonyl (C=O) groups excluding carboxylic acids is 1. The number of hydrogen-bond acceptors (Lipinski definition) is 3. The van der Waals surface area contributed by atoms with E-state index in [9.17, 15) is 9.90 Å². The molecule has 1 amide bonds. The molecule has 0 aliphatic carbocycles. The lowest BCUT2D eigenvalue weighted by atomic mass is 10.0. The largest absolute Gasteiger partial charge is 0.508 e. The predicted octanol–water partition coefficient (Wildman–Crippen LogP) is 3.93. The van der Waals surface area contributed by atoms with E-state index in [1.54, 1.807) is 18.3 Å². The Bertz CT molecular complexity index is 861. The summed E-state index contributed by atoms with van der Waals surface area (Å²) < 4.78 is 0. The number of hydrogen-bond donors (Lipinski definition) is 2. The summed E-state index contributed by atoms with van der Waals surface area (Å²) in [6.45, 7) is 2.03. The Hall–Kier alpha value is -3.14. The molecule has 0 saturated heterocycles. The number of carbonyl (C=O) groups is 1. The van der Waals surface area contributed by atoms with E-state index in [1.165, 1.54) is 0 Å². The number of phenolic OH excluding ortho intramolecular Hbond substituents is 1. The van der Waals surface area contributed by atoms with Crippen molar-refractivity contribution in [3.8, 4) is 5.75 Å². The fourth-order valence-electron chi connectivity index (χ4n) is 2.88. The Balaban J connectivity index is 1.73. The van der Waals surface area contributed by atoms with Gasteiger partial charge in [0.2, 0.25) is 5.91 Å². The lowest BCUT2D eigenvalue weighted by molar-refractivity contribution is -0.121. The molecule has 0 spiro atoms. The van der Waals surface area contributed by atoms with Gasteiger partial charge in [-0.2, -0.15) is 0 Å². The second kappa shape index (κ2) is 8.30. The molecule has 0 fully saturated rings. The van der Waals surface area contributed by atoms with E-state index in [-0.39, 0.29) is 17.7 Å². The minimum atomic E-state index is -0.275. The number of aromatic nitrogens is 1. The number of aryl methyl sites for hydroxylation is 2. The molecule has 2 N–H and O–H groups in total. The van der Waals surface area contributed by atoms with Crippen LogP contribution in [0, 0.1) is 6.92 Å². The third kappa shape index (κ3) is 4.70. The number of benzene rings is 2. The van der Waals surface area contributed by atoms with Crippen molar-refractivity contribution in [1.82, 2.24) is 10.3 Å². The van der Waals surface area contributed by atoms with E-state index >= 15 is 0 Å². The Morgan fingerprint density at radius 3 is 2.58 bits per heavy atom. The molecule has 0 unspecified atom stereocenters. The fraction of sp³-hybridized carbons (Fsp3) is 0.182. The smallest absolute Gasteiger partial charge is 0.221 e. The molecular weight excluding hydrogens is 324 g/mol. The van der Waals surface area contributed by atoms with Crippen LogP contribution in [-0.4, -0.2) is 16.0 Å². The SMILES string of the molecule is Cc1cccc([C@H](NC(=O)CCc2ccc(O)cc2)c2ccccn2)c1. The highest BCUT2D eigenvalue weighted by molar-refractivity contribution is 5.77. The molecule has 4 nitrogen and oxygen atoms in total. The monoisotopic (exact) mass is 346 g/mol. The number of aromatic hydroxyl groups is 1. The molecule has 2 aromatic carbocycles. The van der Waals surface area contributed by atoms with Crippen LogP contribution in [0.4, 0.5) is 0 Å². The van der Waals surface area contributed by atoms with Crippen LogP contribution in [-0.2, 0) is 11.2 Å². The average Bonchev–Trinajstić information content (AvgIpc) is 2.66. The van der Waals surface area contributed by atoms with Gasteiger partial charge in [0.15, 0.2) is 0 Å². The van der Waals surface area contributed by atoms with E-state index in [4.69, 9.17) is 0 Å². The van der Waals surface area contributed by atoms with Crippen molar-refractivity contribution in [3.63, 3.8) is 0 Å². The second-order valence-electron chi connectivity index (χ2n) is 6.34. The van der Waals surface area contributed by atoms with Gasteiger partial charge >= 0.3 is 0 Å². The zero-order chi connectivity index (χ0) is 18.4. The fourth-order valence-corrected chi connectivity index (χ4v) is 2.88. The molecule has 0 radical (unpaired) electrons. The van der Waals surface area contributed by atoms with Crippen LogP contribution in [0.1, 0.15) is 34.8 Å². The van der Waals surface area contributed by atoms with Gasteiger partial charge in [-0.3, -0.25) is 9.78 Å². The number of phenols is 1. The van der Waals surface area contributed by atoms with E-state index in [0.717, 1.165) is 22.4 Å². The first-order valence-electron chi connectivity index (χ1n) is 8.66. The van der Waals surface area contributed by atoms with Crippen LogP contribution < -0.4 is 5.32 Å². The summed E-state index contributed by atoms with van der Waals surface area (Å²) in [6.07, 6.45) is 2.73. The first kappa shape index (κ1) is 17.7. The molecular formula is C22H22N2O2. The van der Waals surface area contributed by atoms with Gasteiger partial charge in [0.05, 0.1) is 11.7 Å². The van der Waals surface area contributed by atoms with Gasteiger partial charge in [0.1, 0.15) is 5.75 Å². The summed E-state index contributed by atoms with van der Waals surface area (Å²) in [6, 6.07) is 20.5. The lowest BCUT2D eigenvalue weighted by Gasteiger charge is -2.19. The standard InChI is InChI=1S/C22H22N2O2/c1-16-5-4-6-18(15-16)22(20-7-2-3-14-23-20)24-21(26)13-10-17-8-11-19(25)12-9-17/h2-9,11-12,14-15,22,25H,10,13H2,1H3,(H,24,26)/t22-/m0/s1. The second-order valence-corrected chi connectivity index (χ2v) is 6.34. The van der Waals surface area contributed by atoms with Gasteiger partial charge in [-0.15, -0.1) is 0 Å². The Morgan fingerprint density at radius 1 is 1.08 bits per heavy atom. The summed E-state index contributed by atoms with van der Waals surface area (Å²) in [5, 5.41) is 12.4. The van der Waals surface area contributed by atoms with Crippen molar-refractivity contribution >= 4 is 5.91 Å². The molecule has 132 valence electrons. The number of nitrogens with zero attached hydrogens (tertiary/aromatic N) is 1. The topological polar surface area (TPSA) is 62.2 Å². The van der Waals surface area contributed by atoms with Gasteiger partial charge in [0.25, 0.3) is 0 Å². The summed E-state index contributed by atoms with van der Waals surface area (Å²) in [7, 11) is 0. The maximum atomic E-state index is 12.5. The van der Waals surface area contributed by atoms with Crippen molar-refractivity contribution in [2.75, 3.05) is 0 Å². The lowest BCUT2D eigenvalue weighted by Crippen LogP contribution is -2.30. The molecule has 4 heteroatoms. The summed E-state index contributed by atoms with van der Waals surface area (Å²) in [4.78, 5) is 17.0. The van der Waals surface area contributed by atoms with E-state index in [2.05, 4.69) is 16.4 Å². The van der Waals surface area contributed by atoms with Gasteiger partial charge in [-0.25, -0.2) is 0 Å². The molecule has 0 aliphatic rings. The highest BCUT2D eigenvalue weighted by Gasteiger charge is 2.18. The normalized spacial score (nSPS) is 11.7. The molecule has 0 aliphatic heterocycles. The van der Waals surface area contributed by atoms with Crippen LogP contribution in [0.15, 0.2) is 72.9 Å². The van der Waals surface area contributed by atoms with Gasteiger partial charge in [-0.1, -0.05) is 48.0 Å². The maximum Gasteiger partial charge on any atom is 0.221 e. The molecule has 3 aromatic rings. The zero-order valence-corrected chi connectivity index (χ0v) is 14.7. The van der Waals surface area contributed by atoms with Crippen molar-refractivity contribution in [2.24, 2.45) is 0 Å². The molecule has 1 atom stereocenters. The number of amides is 1. The Morgan fingerprint density at radius 2 is 1.88 bits per heavy atom. The quantitative estimate of drug-likeness (QED) is 0.711. The van der Waals surface area contributed by atoms with E-state index < -0.39 is 0 Å². The first-order valence-corrected chi connectivity index (χ1v) is 8.66. The number of pyridine rings is 1. The van der Waals surface area contributed by atoms with E-state index in [0.29, 0.717) is 12.8 Å². The van der Waals surface area contributed by atoms with Crippen molar-refractivity contribution in [1.29, 1.82) is 0 Å². The molecule has 0 bridgehead atoms. The highest BCUT2D eigenvalue weighted by Crippen LogP contribution is 2.21. The molecule has 0 saturated carbocycles. The van der Waals surface area contributed by atoms with Gasteiger partial charge in [-0.05, 0) is 48.7 Å². The van der Waals surface area contributed by atoms with Gasteiger partial charge < -0.3 is 10.4 Å². The maximum absolute atomic E-state index is 12.5. The average molecular weight is 346 g/mol. The van der Waals surface area contributed by atoms with Crippen molar-refractivity contribution in [2.45, 2.75) is 25.8 Å². The third-order valence-corrected chi connectivity index (χ3v) is 4.24. The third-order valence-electron chi connectivity index (χ3n) is 4.24. The minimum absolute atomic E-state index is 0.0322. The Kier molecular flexibility index (Phi) is 5.64. The summed E-state index contributed by atoms with van der Waals surface area (Å²) in [5.74, 6) is 0.197. The summed E-state index contributed by atoms with van der Waals surface area (Å²) in [5.41, 5.74) is 3.99. The highest BCUT2D eigenvalue weighted by atomic mass is 16.3. The number of nitrogens with one attached hydrogen (secondary N) is 1. The predicted molar refractivity (Wildman–Crippen MR) is 102 cm³/mol. The van der Waals surface area contributed by atoms with Crippen LogP contribution in [0.25, 0.3) is 0 Å². The molecule has 1 aromatic heterocycles. The first-order chi connectivity index (χ1) is 12.6. The minimum Gasteiger partial charge on any atom is -0.508 e. The number of rotatable bonds is 6. The van der Waals surface area contributed by atoms with Crippen molar-refractivity contribution < 1.29 is 9.90 Å². The zero-order valence-electron chi connectivity index (χ0n) is 14.7. The van der Waals surface area contributed by atoms with Crippen LogP contribution in [0.5, 0.6) is 5.75 Å². The van der Waals surface area contributed by atoms with Crippen molar-refractivity contribution in [3.05, 3.63) is 95.3 Å². The van der Waals surface area contributed by atoms with Crippen LogP contribution in [0.3, 0.4) is 0 Å². The molecule has 1 heterocycles.